The molecule has 0 radical (unpaired) electrons. The minimum absolute atomic E-state index is 0.0493. The molecule has 2 aromatic carbocycles. The summed E-state index contributed by atoms with van der Waals surface area (Å²) in [5, 5.41) is 41.2. The van der Waals surface area contributed by atoms with Crippen molar-refractivity contribution in [2.45, 2.75) is 58.0 Å². The van der Waals surface area contributed by atoms with Gasteiger partial charge in [0, 0.05) is 18.9 Å². The van der Waals surface area contributed by atoms with E-state index in [0.29, 0.717) is 53.4 Å². The zero-order valence-corrected chi connectivity index (χ0v) is 27.2. The average molecular weight is 718 g/mol. The predicted molar refractivity (Wildman–Crippen MR) is 175 cm³/mol. The van der Waals surface area contributed by atoms with Gasteiger partial charge in [0.15, 0.2) is 11.5 Å². The monoisotopic (exact) mass is 717 g/mol. The number of benzene rings is 2. The molecule has 0 saturated carbocycles. The van der Waals surface area contributed by atoms with Gasteiger partial charge in [-0.2, -0.15) is 0 Å². The number of hydrogen-bond donors (Lipinski definition) is 4. The number of carbonyl (C=O) groups is 3. The number of ether oxygens (including phenoxy) is 1. The number of fused-ring (bicyclic) bond motifs is 1. The number of aliphatic hydroxyl groups is 2. The van der Waals surface area contributed by atoms with E-state index in [4.69, 9.17) is 9.84 Å². The summed E-state index contributed by atoms with van der Waals surface area (Å²) in [6.07, 6.45) is 3.89. The summed E-state index contributed by atoms with van der Waals surface area (Å²) in [7, 11) is 1.50. The minimum atomic E-state index is -0.928. The molecule has 4 rings (SSSR count). The number of likely N-dealkylation sites (tertiary alicyclic amines) is 1. The molecule has 1 saturated heterocycles. The Bertz CT molecular complexity index is 1440. The van der Waals surface area contributed by atoms with Crippen LogP contribution in [0.1, 0.15) is 63.0 Å². The first-order chi connectivity index (χ1) is 21.1. The van der Waals surface area contributed by atoms with Crippen LogP contribution in [0.3, 0.4) is 0 Å². The zero-order valence-electron chi connectivity index (χ0n) is 25.0. The molecule has 0 bridgehead atoms. The van der Waals surface area contributed by atoms with Gasteiger partial charge >= 0.3 is 5.97 Å². The van der Waals surface area contributed by atoms with Crippen molar-refractivity contribution in [2.75, 3.05) is 20.3 Å². The number of unbranched alkanes of at least 4 members (excludes halogenated alkanes) is 2. The molecule has 44 heavy (non-hydrogen) atoms. The van der Waals surface area contributed by atoms with Crippen molar-refractivity contribution in [3.63, 3.8) is 0 Å². The smallest absolute Gasteiger partial charge is 0.303 e. The maximum absolute atomic E-state index is 13.5. The lowest BCUT2D eigenvalue weighted by molar-refractivity contribution is -0.141. The third-order valence-corrected chi connectivity index (χ3v) is 9.51. The van der Waals surface area contributed by atoms with E-state index >= 15 is 0 Å². The van der Waals surface area contributed by atoms with Crippen LogP contribution in [-0.2, 0) is 14.4 Å². The van der Waals surface area contributed by atoms with Gasteiger partial charge in [-0.15, -0.1) is 0 Å². The summed E-state index contributed by atoms with van der Waals surface area (Å²) >= 11 is 2.05. The highest BCUT2D eigenvalue weighted by Crippen LogP contribution is 2.46. The molecular weight excluding hydrogens is 677 g/mol. The Balaban J connectivity index is 1.53. The first kappa shape index (κ1) is 33.7. The van der Waals surface area contributed by atoms with Crippen LogP contribution in [-0.4, -0.2) is 69.5 Å². The van der Waals surface area contributed by atoms with Crippen LogP contribution in [0.25, 0.3) is 11.6 Å². The van der Waals surface area contributed by atoms with Gasteiger partial charge in [0.1, 0.15) is 0 Å². The lowest BCUT2D eigenvalue weighted by atomic mass is 9.68. The molecule has 10 heteroatoms. The lowest BCUT2D eigenvalue weighted by Crippen LogP contribution is -2.38. The van der Waals surface area contributed by atoms with Gasteiger partial charge < -0.3 is 25.2 Å². The molecular formula is C34H40INO8. The highest BCUT2D eigenvalue weighted by molar-refractivity contribution is 14.1. The first-order valence-corrected chi connectivity index (χ1v) is 16.0. The Hall–Kier alpha value is -3.22. The van der Waals surface area contributed by atoms with Crippen LogP contribution < -0.4 is 4.74 Å². The molecule has 0 unspecified atom stereocenters. The predicted octanol–water partition coefficient (Wildman–Crippen LogP) is 5.26. The third kappa shape index (κ3) is 7.52. The fraction of sp³-hybridized carbons (Fsp3) is 0.441. The largest absolute Gasteiger partial charge is 0.504 e. The van der Waals surface area contributed by atoms with Crippen molar-refractivity contribution in [3.8, 4) is 11.5 Å². The van der Waals surface area contributed by atoms with Gasteiger partial charge in [-0.3, -0.25) is 19.3 Å². The number of halogens is 1. The number of phenolic OH excluding ortho intramolecular Hbond substituents is 1. The summed E-state index contributed by atoms with van der Waals surface area (Å²) in [6.45, 7) is 1.73. The molecule has 4 N–H and O–H groups in total. The molecule has 0 aromatic heterocycles. The average Bonchev–Trinajstić information content (AvgIpc) is 3.24. The maximum atomic E-state index is 13.5. The number of carbonyl (C=O) groups excluding carboxylic acids is 2. The number of hydrogen-bond acceptors (Lipinski definition) is 7. The zero-order chi connectivity index (χ0) is 32.0. The van der Waals surface area contributed by atoms with E-state index in [-0.39, 0.29) is 37.1 Å². The molecule has 1 heterocycles. The van der Waals surface area contributed by atoms with Gasteiger partial charge in [-0.25, -0.2) is 0 Å². The van der Waals surface area contributed by atoms with Gasteiger partial charge in [-0.05, 0) is 96.0 Å². The van der Waals surface area contributed by atoms with E-state index in [1.54, 1.807) is 6.07 Å². The fourth-order valence-electron chi connectivity index (χ4n) is 6.56. The number of aromatic hydroxyl groups is 1. The van der Waals surface area contributed by atoms with Gasteiger partial charge in [-0.1, -0.05) is 48.4 Å². The first-order valence-electron chi connectivity index (χ1n) is 14.9. The Morgan fingerprint density at radius 3 is 2.50 bits per heavy atom. The lowest BCUT2D eigenvalue weighted by Gasteiger charge is -2.35. The molecule has 2 amide bonds. The SMILES string of the molecule is COc1cc(/C=C(/CC[C@@H](O)C2=C(C)C[C@H]3C(=O)N(CCCCCC(=O)O)C(=O)[C@H]3[C@H]2CO)c2ccccc2)cc(I)c1O. The fourth-order valence-corrected chi connectivity index (χ4v) is 7.18. The molecule has 1 aliphatic heterocycles. The van der Waals surface area contributed by atoms with E-state index < -0.39 is 29.8 Å². The van der Waals surface area contributed by atoms with Gasteiger partial charge in [0.25, 0.3) is 0 Å². The molecule has 2 aromatic rings. The number of allylic oxidation sites excluding steroid dienone is 2. The molecule has 4 atom stereocenters. The van der Waals surface area contributed by atoms with Crippen molar-refractivity contribution in [1.29, 1.82) is 0 Å². The van der Waals surface area contributed by atoms with Crippen LogP contribution in [0, 0.1) is 21.3 Å². The maximum Gasteiger partial charge on any atom is 0.303 e. The number of methoxy groups -OCH3 is 1. The van der Waals surface area contributed by atoms with E-state index in [2.05, 4.69) is 22.6 Å². The molecule has 0 spiro atoms. The van der Waals surface area contributed by atoms with Crippen LogP contribution in [0.15, 0.2) is 53.6 Å². The Morgan fingerprint density at radius 1 is 1.11 bits per heavy atom. The molecule has 236 valence electrons. The number of nitrogens with zero attached hydrogens (tertiary/aromatic N) is 1. The second kappa shape index (κ2) is 15.2. The second-order valence-corrected chi connectivity index (χ2v) is 12.7. The van der Waals surface area contributed by atoms with Crippen LogP contribution in [0.5, 0.6) is 11.5 Å². The number of carboxylic acids is 1. The Morgan fingerprint density at radius 2 is 1.84 bits per heavy atom. The van der Waals surface area contributed by atoms with Crippen molar-refractivity contribution < 1.29 is 39.5 Å². The van der Waals surface area contributed by atoms with E-state index in [1.165, 1.54) is 12.0 Å². The topological polar surface area (TPSA) is 145 Å². The number of amides is 2. The standard InChI is InChI=1S/C34H40INO8/c1-20-15-24-31(34(43)36(33(24)42)14-8-4-7-11-29(39)40)25(19-37)30(20)27(38)13-12-23(22-9-5-3-6-10-22)16-21-17-26(35)32(41)28(18-21)44-2/h3,5-6,9-10,16-18,24-25,27,31,37-38,41H,4,7-8,11-15,19H2,1-2H3,(H,39,40)/b23-16-/t24-,25+,27-,31-/m1/s1. The second-order valence-electron chi connectivity index (χ2n) is 11.5. The Labute approximate surface area is 271 Å². The van der Waals surface area contributed by atoms with Crippen molar-refractivity contribution in [3.05, 3.63) is 68.3 Å². The van der Waals surface area contributed by atoms with Gasteiger partial charge in [0.05, 0.1) is 35.2 Å². The number of aliphatic hydroxyl groups excluding tert-OH is 2. The summed E-state index contributed by atoms with van der Waals surface area (Å²) < 4.78 is 5.98. The summed E-state index contributed by atoms with van der Waals surface area (Å²) in [5.74, 6) is -2.96. The molecule has 9 nitrogen and oxygen atoms in total. The number of carboxylic acid groups (broad SMARTS) is 1. The highest BCUT2D eigenvalue weighted by Gasteiger charge is 2.54. The van der Waals surface area contributed by atoms with E-state index in [0.717, 1.165) is 22.3 Å². The normalized spacial score (nSPS) is 21.1. The quantitative estimate of drug-likeness (QED) is 0.0682. The van der Waals surface area contributed by atoms with Crippen molar-refractivity contribution >= 4 is 52.0 Å². The highest BCUT2D eigenvalue weighted by atomic mass is 127. The van der Waals surface area contributed by atoms with E-state index in [1.807, 2.05) is 49.4 Å². The molecule has 1 aliphatic carbocycles. The van der Waals surface area contributed by atoms with Crippen molar-refractivity contribution in [2.24, 2.45) is 17.8 Å². The van der Waals surface area contributed by atoms with Gasteiger partial charge in [0.2, 0.25) is 11.8 Å². The van der Waals surface area contributed by atoms with Crippen LogP contribution in [0.2, 0.25) is 0 Å². The van der Waals surface area contributed by atoms with E-state index in [9.17, 15) is 29.7 Å². The summed E-state index contributed by atoms with van der Waals surface area (Å²) in [4.78, 5) is 38.8. The third-order valence-electron chi connectivity index (χ3n) is 8.69. The molecule has 2 aliphatic rings. The van der Waals surface area contributed by atoms with Crippen LogP contribution in [0.4, 0.5) is 0 Å². The Kier molecular flexibility index (Phi) is 11.6. The molecule has 1 fully saturated rings. The summed E-state index contributed by atoms with van der Waals surface area (Å²) in [6, 6.07) is 13.4. The number of rotatable bonds is 14. The number of imide groups is 1. The number of aliphatic carboxylic acids is 1. The summed E-state index contributed by atoms with van der Waals surface area (Å²) in [5.41, 5.74) is 4.23. The minimum Gasteiger partial charge on any atom is -0.504 e. The van der Waals surface area contributed by atoms with Crippen LogP contribution >= 0.6 is 22.6 Å². The number of phenols is 1. The van der Waals surface area contributed by atoms with Crippen molar-refractivity contribution in [1.82, 2.24) is 4.90 Å².